The molecule has 0 saturated carbocycles. The van der Waals surface area contributed by atoms with E-state index in [1.165, 1.54) is 12.2 Å². The molecule has 5 heteroatoms. The van der Waals surface area contributed by atoms with Gasteiger partial charge in [-0.15, -0.1) is 6.42 Å². The summed E-state index contributed by atoms with van der Waals surface area (Å²) in [7, 11) is 0. The van der Waals surface area contributed by atoms with E-state index in [1.807, 2.05) is 24.3 Å². The van der Waals surface area contributed by atoms with E-state index < -0.39 is 15.3 Å². The zero-order chi connectivity index (χ0) is 14.0. The van der Waals surface area contributed by atoms with E-state index in [9.17, 15) is 10.1 Å². The van der Waals surface area contributed by atoms with E-state index in [2.05, 4.69) is 21.9 Å². The zero-order valence-electron chi connectivity index (χ0n) is 9.92. The molecule has 0 saturated heterocycles. The van der Waals surface area contributed by atoms with Crippen LogP contribution in [-0.4, -0.2) is 11.0 Å². The van der Waals surface area contributed by atoms with Gasteiger partial charge in [0.2, 0.25) is 0 Å². The Morgan fingerprint density at radius 2 is 2.05 bits per heavy atom. The molecular weight excluding hydrogens is 308 g/mol. The molecule has 0 amide bonds. The van der Waals surface area contributed by atoms with Crippen molar-refractivity contribution in [3.05, 3.63) is 69.4 Å². The molecule has 2 unspecified atom stereocenters. The quantitative estimate of drug-likeness (QED) is 0.394. The number of nitrogens with two attached hydrogens (primary N) is 1. The predicted octanol–water partition coefficient (Wildman–Crippen LogP) is 2.32. The van der Waals surface area contributed by atoms with Gasteiger partial charge in [-0.3, -0.25) is 10.1 Å². The van der Waals surface area contributed by atoms with Gasteiger partial charge in [0.25, 0.3) is 5.70 Å². The van der Waals surface area contributed by atoms with Gasteiger partial charge in [-0.25, -0.2) is 0 Å². The van der Waals surface area contributed by atoms with Gasteiger partial charge in [0.05, 0.1) is 15.3 Å². The molecule has 1 aromatic carbocycles. The second-order valence-electron chi connectivity index (χ2n) is 4.20. The SMILES string of the molecule is C#Cc1ccc(C2(Br)C=CC([N+](=O)[O-])=CC2N)cc1. The largest absolute Gasteiger partial charge is 0.323 e. The van der Waals surface area contributed by atoms with Gasteiger partial charge in [0.1, 0.15) is 0 Å². The van der Waals surface area contributed by atoms with Crippen molar-refractivity contribution in [1.82, 2.24) is 0 Å². The third kappa shape index (κ3) is 2.46. The molecule has 0 fully saturated rings. The van der Waals surface area contributed by atoms with Crippen LogP contribution in [0.2, 0.25) is 0 Å². The molecule has 1 aliphatic carbocycles. The summed E-state index contributed by atoms with van der Waals surface area (Å²) < 4.78 is -0.653. The summed E-state index contributed by atoms with van der Waals surface area (Å²) in [5.74, 6) is 2.54. The molecule has 0 aliphatic heterocycles. The number of nitrogens with zero attached hydrogens (tertiary/aromatic N) is 1. The number of halogens is 1. The van der Waals surface area contributed by atoms with E-state index in [-0.39, 0.29) is 5.70 Å². The van der Waals surface area contributed by atoms with Crippen LogP contribution in [0.15, 0.2) is 48.2 Å². The Morgan fingerprint density at radius 3 is 2.53 bits per heavy atom. The Balaban J connectivity index is 2.37. The molecule has 1 aromatic rings. The number of alkyl halides is 1. The van der Waals surface area contributed by atoms with Crippen molar-refractivity contribution in [2.75, 3.05) is 0 Å². The molecule has 0 radical (unpaired) electrons. The Kier molecular flexibility index (Phi) is 3.56. The van der Waals surface area contributed by atoms with Crippen LogP contribution >= 0.6 is 15.9 Å². The summed E-state index contributed by atoms with van der Waals surface area (Å²) in [6.45, 7) is 0. The van der Waals surface area contributed by atoms with Crippen molar-refractivity contribution in [3.8, 4) is 12.3 Å². The lowest BCUT2D eigenvalue weighted by molar-refractivity contribution is -0.419. The number of hydrogen-bond acceptors (Lipinski definition) is 3. The van der Waals surface area contributed by atoms with Gasteiger partial charge in [-0.1, -0.05) is 40.1 Å². The fourth-order valence-electron chi connectivity index (χ4n) is 1.91. The second kappa shape index (κ2) is 5.00. The molecule has 19 heavy (non-hydrogen) atoms. The maximum absolute atomic E-state index is 10.7. The van der Waals surface area contributed by atoms with Crippen molar-refractivity contribution >= 4 is 15.9 Å². The lowest BCUT2D eigenvalue weighted by atomic mass is 9.87. The zero-order valence-corrected chi connectivity index (χ0v) is 11.5. The molecule has 0 heterocycles. The lowest BCUT2D eigenvalue weighted by Gasteiger charge is -2.31. The summed E-state index contributed by atoms with van der Waals surface area (Å²) >= 11 is 3.56. The van der Waals surface area contributed by atoms with Gasteiger partial charge in [0.15, 0.2) is 0 Å². The van der Waals surface area contributed by atoms with Gasteiger partial charge in [0, 0.05) is 17.7 Å². The number of hydrogen-bond donors (Lipinski definition) is 1. The number of terminal acetylenes is 1. The maximum atomic E-state index is 10.7. The molecule has 4 nitrogen and oxygen atoms in total. The molecule has 0 aromatic heterocycles. The highest BCUT2D eigenvalue weighted by molar-refractivity contribution is 9.09. The van der Waals surface area contributed by atoms with Crippen LogP contribution in [0.1, 0.15) is 11.1 Å². The minimum Gasteiger partial charge on any atom is -0.323 e. The summed E-state index contributed by atoms with van der Waals surface area (Å²) in [5, 5.41) is 10.7. The van der Waals surface area contributed by atoms with E-state index in [1.54, 1.807) is 6.08 Å². The monoisotopic (exact) mass is 318 g/mol. The molecule has 1 aliphatic rings. The summed E-state index contributed by atoms with van der Waals surface area (Å²) in [6.07, 6.45) is 9.89. The summed E-state index contributed by atoms with van der Waals surface area (Å²) in [6, 6.07) is 6.81. The second-order valence-corrected chi connectivity index (χ2v) is 5.51. The average Bonchev–Trinajstić information content (AvgIpc) is 2.42. The smallest absolute Gasteiger partial charge is 0.266 e. The molecule has 0 bridgehead atoms. The molecule has 2 N–H and O–H groups in total. The molecular formula is C14H11BrN2O2. The van der Waals surface area contributed by atoms with Gasteiger partial charge in [-0.2, -0.15) is 0 Å². The minimum absolute atomic E-state index is 0.00261. The topological polar surface area (TPSA) is 69.2 Å². The summed E-state index contributed by atoms with van der Waals surface area (Å²) in [5.41, 5.74) is 7.70. The highest BCUT2D eigenvalue weighted by Crippen LogP contribution is 2.39. The Hall–Kier alpha value is -1.90. The van der Waals surface area contributed by atoms with Crippen LogP contribution in [0, 0.1) is 22.5 Å². The van der Waals surface area contributed by atoms with Crippen molar-refractivity contribution in [3.63, 3.8) is 0 Å². The van der Waals surface area contributed by atoms with Gasteiger partial charge < -0.3 is 5.73 Å². The van der Waals surface area contributed by atoms with Crippen LogP contribution in [-0.2, 0) is 4.32 Å². The number of rotatable bonds is 2. The fraction of sp³-hybridized carbons (Fsp3) is 0.143. The molecule has 2 rings (SSSR count). The van der Waals surface area contributed by atoms with E-state index in [0.717, 1.165) is 11.1 Å². The maximum Gasteiger partial charge on any atom is 0.266 e. The van der Waals surface area contributed by atoms with Crippen molar-refractivity contribution in [1.29, 1.82) is 0 Å². The highest BCUT2D eigenvalue weighted by Gasteiger charge is 2.36. The van der Waals surface area contributed by atoms with Crippen molar-refractivity contribution in [2.24, 2.45) is 5.73 Å². The van der Waals surface area contributed by atoms with Crippen LogP contribution in [0.4, 0.5) is 0 Å². The molecule has 0 spiro atoms. The number of allylic oxidation sites excluding steroid dienone is 1. The normalized spacial score (nSPS) is 25.5. The van der Waals surface area contributed by atoms with Crippen LogP contribution in [0.3, 0.4) is 0 Å². The van der Waals surface area contributed by atoms with Crippen molar-refractivity contribution in [2.45, 2.75) is 10.4 Å². The summed E-state index contributed by atoms with van der Waals surface area (Å²) in [4.78, 5) is 10.3. The molecule has 2 atom stereocenters. The third-order valence-electron chi connectivity index (χ3n) is 3.04. The first-order valence-corrected chi connectivity index (χ1v) is 6.34. The van der Waals surface area contributed by atoms with Crippen LogP contribution in [0.25, 0.3) is 0 Å². The average molecular weight is 319 g/mol. The Labute approximate surface area is 119 Å². The number of nitro groups is 1. The Bertz CT molecular complexity index is 613. The molecule has 96 valence electrons. The minimum atomic E-state index is -0.653. The third-order valence-corrected chi connectivity index (χ3v) is 4.29. The van der Waals surface area contributed by atoms with E-state index in [4.69, 9.17) is 12.2 Å². The van der Waals surface area contributed by atoms with E-state index >= 15 is 0 Å². The van der Waals surface area contributed by atoms with Crippen molar-refractivity contribution < 1.29 is 4.92 Å². The first-order chi connectivity index (χ1) is 8.97. The highest BCUT2D eigenvalue weighted by atomic mass is 79.9. The van der Waals surface area contributed by atoms with Gasteiger partial charge in [-0.05, 0) is 17.7 Å². The lowest BCUT2D eigenvalue weighted by Crippen LogP contribution is -2.40. The van der Waals surface area contributed by atoms with Gasteiger partial charge >= 0.3 is 0 Å². The number of benzene rings is 1. The van der Waals surface area contributed by atoms with Crippen LogP contribution in [0.5, 0.6) is 0 Å². The standard InChI is InChI=1S/C14H11BrN2O2/c1-2-10-3-5-11(6-4-10)14(15)8-7-12(17(18)19)9-13(14)16/h1,3-9,13H,16H2. The first kappa shape index (κ1) is 13.5. The van der Waals surface area contributed by atoms with E-state index in [0.29, 0.717) is 0 Å². The predicted molar refractivity (Wildman–Crippen MR) is 77.2 cm³/mol. The van der Waals surface area contributed by atoms with Crippen LogP contribution < -0.4 is 5.73 Å². The Morgan fingerprint density at radius 1 is 1.42 bits per heavy atom. The first-order valence-electron chi connectivity index (χ1n) is 5.54. The fourth-order valence-corrected chi connectivity index (χ4v) is 2.44.